The Labute approximate surface area is 124 Å². The average molecular weight is 291 g/mol. The van der Waals surface area contributed by atoms with E-state index in [-0.39, 0.29) is 11.9 Å². The molecule has 0 radical (unpaired) electrons. The van der Waals surface area contributed by atoms with Crippen LogP contribution in [-0.4, -0.2) is 33.4 Å². The summed E-state index contributed by atoms with van der Waals surface area (Å²) in [4.78, 5) is 17.5. The molecule has 20 heavy (non-hydrogen) atoms. The van der Waals surface area contributed by atoms with E-state index in [0.717, 1.165) is 16.6 Å². The van der Waals surface area contributed by atoms with Crippen molar-refractivity contribution in [1.29, 1.82) is 0 Å². The van der Waals surface area contributed by atoms with Crippen LogP contribution in [0.25, 0.3) is 11.0 Å². The van der Waals surface area contributed by atoms with Crippen molar-refractivity contribution < 1.29 is 4.79 Å². The summed E-state index contributed by atoms with van der Waals surface area (Å²) in [6.45, 7) is 9.37. The first-order chi connectivity index (χ1) is 9.49. The van der Waals surface area contributed by atoms with E-state index in [1.165, 1.54) is 0 Å². The zero-order valence-corrected chi connectivity index (χ0v) is 13.3. The third-order valence-corrected chi connectivity index (χ3v) is 3.99. The van der Waals surface area contributed by atoms with E-state index in [9.17, 15) is 4.79 Å². The average Bonchev–Trinajstić information content (AvgIpc) is 2.74. The van der Waals surface area contributed by atoms with Crippen LogP contribution in [-0.2, 0) is 4.79 Å². The van der Waals surface area contributed by atoms with Gasteiger partial charge >= 0.3 is 0 Å². The van der Waals surface area contributed by atoms with Gasteiger partial charge in [-0.2, -0.15) is 0 Å². The first-order valence-corrected chi connectivity index (χ1v) is 7.40. The highest BCUT2D eigenvalue weighted by molar-refractivity contribution is 7.71. The second-order valence-electron chi connectivity index (χ2n) is 5.01. The standard InChI is InChI=1S/C15H21N3OS/c1-5-17(6-2)14(19)11(4)18-13-9-10(3)7-8-12(13)16-15(18)20/h7-9,11H,5-6H2,1-4H3,(H,16,20). The van der Waals surface area contributed by atoms with Gasteiger partial charge in [-0.25, -0.2) is 0 Å². The number of nitrogens with one attached hydrogen (secondary N) is 1. The maximum absolute atomic E-state index is 12.5. The number of imidazole rings is 1. The molecule has 0 saturated heterocycles. The summed E-state index contributed by atoms with van der Waals surface area (Å²) < 4.78 is 2.51. The molecule has 2 aromatic rings. The van der Waals surface area contributed by atoms with Gasteiger partial charge in [0, 0.05) is 13.1 Å². The van der Waals surface area contributed by atoms with Crippen molar-refractivity contribution >= 4 is 29.2 Å². The van der Waals surface area contributed by atoms with E-state index in [0.29, 0.717) is 17.9 Å². The summed E-state index contributed by atoms with van der Waals surface area (Å²) >= 11 is 5.39. The minimum Gasteiger partial charge on any atom is -0.341 e. The molecule has 1 heterocycles. The Balaban J connectivity index is 2.51. The Morgan fingerprint density at radius 2 is 2.05 bits per heavy atom. The molecule has 1 aromatic heterocycles. The SMILES string of the molecule is CCN(CC)C(=O)C(C)n1c(=S)[nH]c2ccc(C)cc21. The number of hydrogen-bond acceptors (Lipinski definition) is 2. The lowest BCUT2D eigenvalue weighted by Crippen LogP contribution is -2.36. The minimum atomic E-state index is -0.294. The van der Waals surface area contributed by atoms with E-state index >= 15 is 0 Å². The number of fused-ring (bicyclic) bond motifs is 1. The Morgan fingerprint density at radius 1 is 1.40 bits per heavy atom. The van der Waals surface area contributed by atoms with E-state index in [1.54, 1.807) is 0 Å². The molecule has 1 unspecified atom stereocenters. The van der Waals surface area contributed by atoms with Gasteiger partial charge in [-0.05, 0) is 57.6 Å². The van der Waals surface area contributed by atoms with Crippen molar-refractivity contribution in [1.82, 2.24) is 14.5 Å². The van der Waals surface area contributed by atoms with Gasteiger partial charge in [-0.1, -0.05) is 6.07 Å². The normalized spacial score (nSPS) is 12.6. The number of benzene rings is 1. The van der Waals surface area contributed by atoms with Gasteiger partial charge in [-0.15, -0.1) is 0 Å². The van der Waals surface area contributed by atoms with Gasteiger partial charge in [0.15, 0.2) is 4.77 Å². The molecule has 2 rings (SSSR count). The molecule has 1 aromatic carbocycles. The van der Waals surface area contributed by atoms with Crippen molar-refractivity contribution in [3.63, 3.8) is 0 Å². The van der Waals surface area contributed by atoms with Crippen LogP contribution >= 0.6 is 12.2 Å². The van der Waals surface area contributed by atoms with Gasteiger partial charge in [0.2, 0.25) is 5.91 Å². The summed E-state index contributed by atoms with van der Waals surface area (Å²) in [5, 5.41) is 0. The zero-order chi connectivity index (χ0) is 14.9. The highest BCUT2D eigenvalue weighted by Crippen LogP contribution is 2.21. The Morgan fingerprint density at radius 3 is 2.65 bits per heavy atom. The number of aromatic nitrogens is 2. The predicted molar refractivity (Wildman–Crippen MR) is 84.5 cm³/mol. The second-order valence-corrected chi connectivity index (χ2v) is 5.39. The van der Waals surface area contributed by atoms with Crippen LogP contribution in [0.4, 0.5) is 0 Å². The molecule has 5 heteroatoms. The molecule has 1 atom stereocenters. The number of H-pyrrole nitrogens is 1. The number of likely N-dealkylation sites (N-methyl/N-ethyl adjacent to an activating group) is 1. The number of rotatable bonds is 4. The second kappa shape index (κ2) is 5.79. The fourth-order valence-electron chi connectivity index (χ4n) is 2.53. The molecule has 4 nitrogen and oxygen atoms in total. The number of aryl methyl sites for hydroxylation is 1. The van der Waals surface area contributed by atoms with Crippen molar-refractivity contribution in [2.24, 2.45) is 0 Å². The minimum absolute atomic E-state index is 0.105. The lowest BCUT2D eigenvalue weighted by atomic mass is 10.2. The highest BCUT2D eigenvalue weighted by atomic mass is 32.1. The first-order valence-electron chi connectivity index (χ1n) is 6.99. The van der Waals surface area contributed by atoms with E-state index in [4.69, 9.17) is 12.2 Å². The summed E-state index contributed by atoms with van der Waals surface area (Å²) in [5.41, 5.74) is 3.12. The fourth-order valence-corrected chi connectivity index (χ4v) is 2.89. The van der Waals surface area contributed by atoms with E-state index in [1.807, 2.05) is 49.3 Å². The summed E-state index contributed by atoms with van der Waals surface area (Å²) in [6, 6.07) is 5.81. The highest BCUT2D eigenvalue weighted by Gasteiger charge is 2.22. The van der Waals surface area contributed by atoms with Crippen LogP contribution in [0.15, 0.2) is 18.2 Å². The van der Waals surface area contributed by atoms with Crippen molar-refractivity contribution in [3.05, 3.63) is 28.5 Å². The van der Waals surface area contributed by atoms with Gasteiger partial charge in [0.25, 0.3) is 0 Å². The van der Waals surface area contributed by atoms with Gasteiger partial charge < -0.3 is 14.5 Å². The topological polar surface area (TPSA) is 41.0 Å². The van der Waals surface area contributed by atoms with Gasteiger partial charge in [0.1, 0.15) is 6.04 Å². The van der Waals surface area contributed by atoms with Crippen LogP contribution in [0.3, 0.4) is 0 Å². The summed E-state index contributed by atoms with van der Waals surface area (Å²) in [7, 11) is 0. The Bertz CT molecular complexity index is 682. The summed E-state index contributed by atoms with van der Waals surface area (Å²) in [5.74, 6) is 0.105. The first kappa shape index (κ1) is 14.8. The molecule has 0 aliphatic carbocycles. The van der Waals surface area contributed by atoms with Crippen molar-refractivity contribution in [3.8, 4) is 0 Å². The van der Waals surface area contributed by atoms with Crippen LogP contribution in [0, 0.1) is 11.7 Å². The smallest absolute Gasteiger partial charge is 0.245 e. The molecular weight excluding hydrogens is 270 g/mol. The van der Waals surface area contributed by atoms with E-state index in [2.05, 4.69) is 11.1 Å². The molecule has 0 aliphatic heterocycles. The van der Waals surface area contributed by atoms with Crippen LogP contribution < -0.4 is 0 Å². The molecule has 1 N–H and O–H groups in total. The number of nitrogens with zero attached hydrogens (tertiary/aromatic N) is 2. The molecule has 108 valence electrons. The lowest BCUT2D eigenvalue weighted by Gasteiger charge is -2.24. The maximum atomic E-state index is 12.5. The van der Waals surface area contributed by atoms with Crippen LogP contribution in [0.2, 0.25) is 0 Å². The monoisotopic (exact) mass is 291 g/mol. The number of carbonyl (C=O) groups is 1. The van der Waals surface area contributed by atoms with Crippen LogP contribution in [0.5, 0.6) is 0 Å². The third kappa shape index (κ3) is 2.50. The van der Waals surface area contributed by atoms with E-state index < -0.39 is 0 Å². The Kier molecular flexibility index (Phi) is 4.28. The quantitative estimate of drug-likeness (QED) is 0.877. The van der Waals surface area contributed by atoms with Crippen molar-refractivity contribution in [2.45, 2.75) is 33.7 Å². The molecular formula is C15H21N3OS. The molecule has 0 bridgehead atoms. The molecule has 0 fully saturated rings. The molecule has 1 amide bonds. The Hall–Kier alpha value is -1.62. The molecule has 0 aliphatic rings. The largest absolute Gasteiger partial charge is 0.341 e. The lowest BCUT2D eigenvalue weighted by molar-refractivity contribution is -0.133. The van der Waals surface area contributed by atoms with Crippen LogP contribution in [0.1, 0.15) is 32.4 Å². The molecule has 0 saturated carbocycles. The van der Waals surface area contributed by atoms with Gasteiger partial charge in [-0.3, -0.25) is 4.79 Å². The number of hydrogen-bond donors (Lipinski definition) is 1. The molecule has 0 spiro atoms. The predicted octanol–water partition coefficient (Wildman–Crippen LogP) is 3.44. The third-order valence-electron chi connectivity index (χ3n) is 3.69. The number of carbonyl (C=O) groups excluding carboxylic acids is 1. The fraction of sp³-hybridized carbons (Fsp3) is 0.467. The van der Waals surface area contributed by atoms with Crippen molar-refractivity contribution in [2.75, 3.05) is 13.1 Å². The zero-order valence-electron chi connectivity index (χ0n) is 12.4. The summed E-state index contributed by atoms with van der Waals surface area (Å²) in [6.07, 6.45) is 0. The maximum Gasteiger partial charge on any atom is 0.245 e. The number of amides is 1. The van der Waals surface area contributed by atoms with Gasteiger partial charge in [0.05, 0.1) is 11.0 Å². The number of aromatic amines is 1.